The van der Waals surface area contributed by atoms with E-state index >= 15 is 0 Å². The van der Waals surface area contributed by atoms with Gasteiger partial charge >= 0.3 is 5.97 Å². The van der Waals surface area contributed by atoms with Gasteiger partial charge in [0.1, 0.15) is 22.8 Å². The van der Waals surface area contributed by atoms with Crippen LogP contribution in [-0.4, -0.2) is 58.1 Å². The molecule has 0 aromatic heterocycles. The summed E-state index contributed by atoms with van der Waals surface area (Å²) in [5.41, 5.74) is 0.746. The Balaban J connectivity index is 1.26. The number of hydrogen-bond acceptors (Lipinski definition) is 11. The number of unbranched alkanes of at least 4 members (excludes halogenated alkanes) is 8. The van der Waals surface area contributed by atoms with Crippen molar-refractivity contribution in [1.29, 1.82) is 0 Å². The molecule has 4 N–H and O–H groups in total. The van der Waals surface area contributed by atoms with Gasteiger partial charge in [-0.1, -0.05) is 70.4 Å². The van der Waals surface area contributed by atoms with Crippen molar-refractivity contribution in [3.8, 4) is 40.2 Å². The van der Waals surface area contributed by atoms with Crippen molar-refractivity contribution in [2.24, 2.45) is 0 Å². The maximum Gasteiger partial charge on any atom is 0.311 e. The van der Waals surface area contributed by atoms with Crippen LogP contribution in [0.2, 0.25) is 0 Å². The minimum Gasteiger partial charge on any atom is -0.507 e. The van der Waals surface area contributed by atoms with Crippen LogP contribution in [-0.2, 0) is 4.79 Å². The van der Waals surface area contributed by atoms with E-state index < -0.39 is 41.9 Å². The SMILES string of the molecule is CCCCCCCCCCCC(=O)Oc1cc(O)c2c(c1)O[C@H](c1ccc3c(c1)OC(c1ccc(O)c(OC)c1)C(CO)O3)[C@@H](O)C2=O. The van der Waals surface area contributed by atoms with Crippen LogP contribution in [0.1, 0.15) is 105 Å². The summed E-state index contributed by atoms with van der Waals surface area (Å²) in [6, 6.07) is 11.9. The fourth-order valence-electron chi connectivity index (χ4n) is 6.09. The highest BCUT2D eigenvalue weighted by molar-refractivity contribution is 6.05. The number of aliphatic hydroxyl groups excluding tert-OH is 2. The lowest BCUT2D eigenvalue weighted by Crippen LogP contribution is -2.37. The Kier molecular flexibility index (Phi) is 11.7. The smallest absolute Gasteiger partial charge is 0.311 e. The van der Waals surface area contributed by atoms with Gasteiger partial charge < -0.3 is 44.1 Å². The number of carbonyl (C=O) groups is 2. The number of benzene rings is 3. The molecule has 11 heteroatoms. The summed E-state index contributed by atoms with van der Waals surface area (Å²) < 4.78 is 29.0. The molecule has 48 heavy (non-hydrogen) atoms. The number of ether oxygens (including phenoxy) is 5. The van der Waals surface area contributed by atoms with Crippen LogP contribution in [0.3, 0.4) is 0 Å². The molecule has 2 unspecified atom stereocenters. The number of phenols is 2. The summed E-state index contributed by atoms with van der Waals surface area (Å²) in [4.78, 5) is 25.8. The highest BCUT2D eigenvalue weighted by atomic mass is 16.6. The zero-order chi connectivity index (χ0) is 34.2. The third kappa shape index (κ3) is 7.96. The second-order valence-electron chi connectivity index (χ2n) is 12.2. The molecule has 3 aromatic rings. The van der Waals surface area contributed by atoms with Gasteiger partial charge in [0.25, 0.3) is 0 Å². The standard InChI is InChI=1S/C37H44O11/c1-3-4-5-6-7-8-9-10-11-12-32(41)45-24-19-26(40)33-30(20-24)48-37(35(43)34(33)42)23-14-16-27-29(18-23)47-36(31(21-38)46-27)22-13-15-25(39)28(17-22)44-2/h13-20,31,35-40,43H,3-12,21H2,1-2H3/t31?,35-,36?,37+/m0/s1. The normalized spacial score (nSPS) is 19.7. The molecule has 0 bridgehead atoms. The predicted octanol–water partition coefficient (Wildman–Crippen LogP) is 6.48. The number of methoxy groups -OCH3 is 1. The van der Waals surface area contributed by atoms with Crippen LogP contribution in [0.5, 0.6) is 40.2 Å². The summed E-state index contributed by atoms with van der Waals surface area (Å²) in [6.07, 6.45) is 5.88. The van der Waals surface area contributed by atoms with Crippen molar-refractivity contribution in [2.75, 3.05) is 13.7 Å². The highest BCUT2D eigenvalue weighted by Crippen LogP contribution is 2.46. The van der Waals surface area contributed by atoms with Crippen LogP contribution in [0.25, 0.3) is 0 Å². The van der Waals surface area contributed by atoms with E-state index in [4.69, 9.17) is 23.7 Å². The molecule has 0 saturated heterocycles. The van der Waals surface area contributed by atoms with E-state index in [-0.39, 0.29) is 47.3 Å². The minimum atomic E-state index is -1.66. The molecule has 258 valence electrons. The maximum atomic E-state index is 13.2. The van der Waals surface area contributed by atoms with E-state index in [1.807, 2.05) is 0 Å². The number of ketones is 1. The zero-order valence-electron chi connectivity index (χ0n) is 27.4. The predicted molar refractivity (Wildman–Crippen MR) is 175 cm³/mol. The van der Waals surface area contributed by atoms with Gasteiger partial charge in [-0.2, -0.15) is 0 Å². The molecule has 2 aliphatic rings. The zero-order valence-corrected chi connectivity index (χ0v) is 27.4. The number of aromatic hydroxyl groups is 2. The Morgan fingerprint density at radius 1 is 0.771 bits per heavy atom. The van der Waals surface area contributed by atoms with E-state index in [9.17, 15) is 30.0 Å². The summed E-state index contributed by atoms with van der Waals surface area (Å²) in [6.45, 7) is 1.84. The number of rotatable bonds is 15. The van der Waals surface area contributed by atoms with E-state index in [1.54, 1.807) is 30.3 Å². The average molecular weight is 665 g/mol. The van der Waals surface area contributed by atoms with Crippen molar-refractivity contribution in [3.05, 3.63) is 65.2 Å². The van der Waals surface area contributed by atoms with Crippen molar-refractivity contribution >= 4 is 11.8 Å². The Labute approximate surface area is 280 Å². The summed E-state index contributed by atoms with van der Waals surface area (Å²) in [5, 5.41) is 41.7. The highest BCUT2D eigenvalue weighted by Gasteiger charge is 2.41. The molecule has 4 atom stereocenters. The second kappa shape index (κ2) is 16.1. The summed E-state index contributed by atoms with van der Waals surface area (Å²) >= 11 is 0. The van der Waals surface area contributed by atoms with Gasteiger partial charge in [-0.15, -0.1) is 0 Å². The van der Waals surface area contributed by atoms with E-state index in [2.05, 4.69) is 6.92 Å². The molecule has 0 saturated carbocycles. The van der Waals surface area contributed by atoms with Crippen molar-refractivity contribution < 1.29 is 53.7 Å². The largest absolute Gasteiger partial charge is 0.507 e. The van der Waals surface area contributed by atoms with Gasteiger partial charge in [0.2, 0.25) is 5.78 Å². The molecular formula is C37H44O11. The molecule has 2 heterocycles. The Morgan fingerprint density at radius 3 is 2.15 bits per heavy atom. The number of Topliss-reactive ketones (excluding diaryl/α,β-unsaturated/α-hetero) is 1. The quantitative estimate of drug-likeness (QED) is 0.0799. The first-order valence-corrected chi connectivity index (χ1v) is 16.7. The molecule has 0 radical (unpaired) electrons. The average Bonchev–Trinajstić information content (AvgIpc) is 3.08. The van der Waals surface area contributed by atoms with Gasteiger partial charge in [-0.25, -0.2) is 0 Å². The minimum absolute atomic E-state index is 0.0273. The third-order valence-electron chi connectivity index (χ3n) is 8.71. The number of hydrogen-bond donors (Lipinski definition) is 4. The van der Waals surface area contributed by atoms with Gasteiger partial charge in [-0.3, -0.25) is 9.59 Å². The number of fused-ring (bicyclic) bond motifs is 2. The van der Waals surface area contributed by atoms with Gasteiger partial charge in [0, 0.05) is 24.1 Å². The number of aliphatic hydroxyl groups is 2. The Hall–Kier alpha value is -4.48. The first-order chi connectivity index (χ1) is 23.2. The molecule has 0 amide bonds. The summed E-state index contributed by atoms with van der Waals surface area (Å²) in [7, 11) is 1.42. The topological polar surface area (TPSA) is 161 Å². The van der Waals surface area contributed by atoms with Crippen LogP contribution in [0, 0.1) is 0 Å². The first kappa shape index (κ1) is 34.8. The van der Waals surface area contributed by atoms with Crippen molar-refractivity contribution in [2.45, 2.75) is 95.5 Å². The molecule has 0 fully saturated rings. The first-order valence-electron chi connectivity index (χ1n) is 16.7. The lowest BCUT2D eigenvalue weighted by molar-refractivity contribution is -0.134. The fourth-order valence-corrected chi connectivity index (χ4v) is 6.09. The van der Waals surface area contributed by atoms with Crippen LogP contribution in [0.4, 0.5) is 0 Å². The Morgan fingerprint density at radius 2 is 1.44 bits per heavy atom. The molecule has 11 nitrogen and oxygen atoms in total. The second-order valence-corrected chi connectivity index (χ2v) is 12.2. The lowest BCUT2D eigenvalue weighted by Gasteiger charge is -2.35. The molecule has 0 spiro atoms. The third-order valence-corrected chi connectivity index (χ3v) is 8.71. The van der Waals surface area contributed by atoms with Crippen LogP contribution >= 0.6 is 0 Å². The fraction of sp³-hybridized carbons (Fsp3) is 0.459. The molecule has 0 aliphatic carbocycles. The number of esters is 1. The molecule has 3 aromatic carbocycles. The van der Waals surface area contributed by atoms with Gasteiger partial charge in [-0.05, 0) is 36.2 Å². The van der Waals surface area contributed by atoms with Crippen LogP contribution in [0.15, 0.2) is 48.5 Å². The van der Waals surface area contributed by atoms with E-state index in [1.165, 1.54) is 57.4 Å². The van der Waals surface area contributed by atoms with Crippen molar-refractivity contribution in [1.82, 2.24) is 0 Å². The molecule has 5 rings (SSSR count). The van der Waals surface area contributed by atoms with E-state index in [0.29, 0.717) is 23.3 Å². The van der Waals surface area contributed by atoms with Crippen LogP contribution < -0.4 is 23.7 Å². The van der Waals surface area contributed by atoms with Gasteiger partial charge in [0.05, 0.1) is 13.7 Å². The maximum absolute atomic E-state index is 13.2. The number of phenolic OH excluding ortho intramolecular Hbond substituents is 2. The van der Waals surface area contributed by atoms with Crippen molar-refractivity contribution in [3.63, 3.8) is 0 Å². The molecular weight excluding hydrogens is 620 g/mol. The Bertz CT molecular complexity index is 1590. The monoisotopic (exact) mass is 664 g/mol. The molecule has 2 aliphatic heterocycles. The van der Waals surface area contributed by atoms with Gasteiger partial charge in [0.15, 0.2) is 47.4 Å². The number of carbonyl (C=O) groups excluding carboxylic acids is 2. The lowest BCUT2D eigenvalue weighted by atomic mass is 9.92. The summed E-state index contributed by atoms with van der Waals surface area (Å²) in [5.74, 6) is -0.922. The van der Waals surface area contributed by atoms with E-state index in [0.717, 1.165) is 19.3 Å².